The van der Waals surface area contributed by atoms with Crippen molar-refractivity contribution in [1.82, 2.24) is 4.90 Å². The molecule has 1 aromatic carbocycles. The first-order chi connectivity index (χ1) is 13.8. The van der Waals surface area contributed by atoms with E-state index in [0.717, 1.165) is 37.4 Å². The summed E-state index contributed by atoms with van der Waals surface area (Å²) in [5.41, 5.74) is 0.980. The molecule has 4 rings (SSSR count). The van der Waals surface area contributed by atoms with Crippen molar-refractivity contribution in [3.05, 3.63) is 29.8 Å². The molecule has 1 heterocycles. The summed E-state index contributed by atoms with van der Waals surface area (Å²) < 4.78 is 28.9. The van der Waals surface area contributed by atoms with Crippen molar-refractivity contribution in [2.45, 2.75) is 56.1 Å². The Kier molecular flexibility index (Phi) is 5.89. The maximum Gasteiger partial charge on any atom is 0.407 e. The van der Waals surface area contributed by atoms with Crippen LogP contribution in [0.4, 0.5) is 4.79 Å². The fourth-order valence-electron chi connectivity index (χ4n) is 4.89. The molecule has 1 aromatic rings. The van der Waals surface area contributed by atoms with Gasteiger partial charge < -0.3 is 14.7 Å². The number of sulfone groups is 1. The summed E-state index contributed by atoms with van der Waals surface area (Å²) in [6.07, 6.45) is 7.19. The number of nitrogens with zero attached hydrogens (tertiary/aromatic N) is 1. The molecule has 0 spiro atoms. The van der Waals surface area contributed by atoms with Crippen LogP contribution in [0.15, 0.2) is 29.2 Å². The van der Waals surface area contributed by atoms with Crippen LogP contribution in [-0.4, -0.2) is 50.0 Å². The molecule has 4 atom stereocenters. The minimum atomic E-state index is -3.16. The van der Waals surface area contributed by atoms with Crippen LogP contribution in [0.25, 0.3) is 0 Å². The van der Waals surface area contributed by atoms with E-state index in [4.69, 9.17) is 4.74 Å². The molecule has 160 valence electrons. The lowest BCUT2D eigenvalue weighted by Crippen LogP contribution is -2.46. The van der Waals surface area contributed by atoms with Gasteiger partial charge in [0.1, 0.15) is 0 Å². The fraction of sp³-hybridized carbons (Fsp3) is 0.682. The van der Waals surface area contributed by atoms with Crippen LogP contribution in [0.5, 0.6) is 0 Å². The van der Waals surface area contributed by atoms with E-state index in [0.29, 0.717) is 35.8 Å². The molecule has 1 amide bonds. The van der Waals surface area contributed by atoms with Crippen molar-refractivity contribution in [3.63, 3.8) is 0 Å². The van der Waals surface area contributed by atoms with Crippen molar-refractivity contribution >= 4 is 15.9 Å². The summed E-state index contributed by atoms with van der Waals surface area (Å²) in [6, 6.07) is 7.08. The van der Waals surface area contributed by atoms with Crippen LogP contribution < -0.4 is 0 Å². The molecule has 0 radical (unpaired) electrons. The van der Waals surface area contributed by atoms with E-state index in [1.54, 1.807) is 17.0 Å². The number of likely N-dealkylation sites (tertiary alicyclic amines) is 1. The van der Waals surface area contributed by atoms with Gasteiger partial charge in [-0.15, -0.1) is 0 Å². The van der Waals surface area contributed by atoms with Crippen molar-refractivity contribution in [2.24, 2.45) is 23.7 Å². The van der Waals surface area contributed by atoms with E-state index < -0.39 is 15.9 Å². The molecule has 6 nitrogen and oxygen atoms in total. The Hall–Kier alpha value is -1.60. The Morgan fingerprint density at radius 2 is 1.90 bits per heavy atom. The number of benzene rings is 1. The normalized spacial score (nSPS) is 29.6. The Morgan fingerprint density at radius 1 is 1.17 bits per heavy atom. The molecular formula is C22H31NO5S. The van der Waals surface area contributed by atoms with Crippen molar-refractivity contribution in [3.8, 4) is 0 Å². The number of piperidine rings is 1. The van der Waals surface area contributed by atoms with Crippen molar-refractivity contribution in [2.75, 3.05) is 19.4 Å². The van der Waals surface area contributed by atoms with Gasteiger partial charge in [0.25, 0.3) is 0 Å². The Labute approximate surface area is 173 Å². The molecule has 1 aliphatic heterocycles. The average Bonchev–Trinajstić information content (AvgIpc) is 3.58. The predicted octanol–water partition coefficient (Wildman–Crippen LogP) is 3.80. The van der Waals surface area contributed by atoms with Crippen LogP contribution in [0.1, 0.15) is 44.1 Å². The molecule has 3 aliphatic rings. The van der Waals surface area contributed by atoms with Crippen LogP contribution in [-0.2, 0) is 21.2 Å². The molecule has 29 heavy (non-hydrogen) atoms. The zero-order valence-electron chi connectivity index (χ0n) is 17.0. The van der Waals surface area contributed by atoms with E-state index >= 15 is 0 Å². The molecule has 1 N–H and O–H groups in total. The highest BCUT2D eigenvalue weighted by Crippen LogP contribution is 2.50. The Bertz CT molecular complexity index is 833. The topological polar surface area (TPSA) is 83.9 Å². The van der Waals surface area contributed by atoms with Crippen LogP contribution in [0.2, 0.25) is 0 Å². The average molecular weight is 422 g/mol. The molecule has 1 saturated heterocycles. The molecule has 2 saturated carbocycles. The number of carbonyl (C=O) groups is 1. The van der Waals surface area contributed by atoms with Gasteiger partial charge in [-0.05, 0) is 67.1 Å². The molecule has 2 unspecified atom stereocenters. The molecule has 0 bridgehead atoms. The summed E-state index contributed by atoms with van der Waals surface area (Å²) >= 11 is 0. The first-order valence-corrected chi connectivity index (χ1v) is 12.6. The number of ether oxygens (including phenoxy) is 1. The van der Waals surface area contributed by atoms with Gasteiger partial charge in [-0.1, -0.05) is 25.0 Å². The lowest BCUT2D eigenvalue weighted by Gasteiger charge is -2.38. The second-order valence-corrected chi connectivity index (χ2v) is 11.2. The second kappa shape index (κ2) is 8.26. The van der Waals surface area contributed by atoms with Crippen LogP contribution >= 0.6 is 0 Å². The number of amides is 1. The van der Waals surface area contributed by atoms with Crippen molar-refractivity contribution in [1.29, 1.82) is 0 Å². The molecule has 2 aliphatic carbocycles. The molecular weight excluding hydrogens is 390 g/mol. The van der Waals surface area contributed by atoms with Crippen LogP contribution in [0, 0.1) is 23.7 Å². The van der Waals surface area contributed by atoms with E-state index in [-0.39, 0.29) is 6.04 Å². The smallest absolute Gasteiger partial charge is 0.407 e. The minimum Gasteiger partial charge on any atom is -0.465 e. The van der Waals surface area contributed by atoms with Gasteiger partial charge in [0.2, 0.25) is 0 Å². The number of carboxylic acid groups (broad SMARTS) is 1. The summed E-state index contributed by atoms with van der Waals surface area (Å²) in [5.74, 6) is 2.61. The third-order valence-corrected chi connectivity index (χ3v) is 7.97. The van der Waals surface area contributed by atoms with E-state index in [9.17, 15) is 18.3 Å². The SMILES string of the molecule is CS(=O)(=O)c1ccc(COC[C@@H]2C[C@@H]2C2CCN(C(=O)O)C(CC3CC3)C2)cc1. The highest BCUT2D eigenvalue weighted by molar-refractivity contribution is 7.90. The quantitative estimate of drug-likeness (QED) is 0.690. The third kappa shape index (κ3) is 5.31. The summed E-state index contributed by atoms with van der Waals surface area (Å²) in [7, 11) is -3.16. The standard InChI is InChI=1S/C22H31NO5S/c1-29(26,27)20-6-4-16(5-7-20)13-28-14-18-12-21(18)17-8-9-23(22(24)25)19(11-17)10-15-2-3-15/h4-7,15,17-19,21H,2-3,8-14H2,1H3,(H,24,25)/t17?,18-,19?,21+/m0/s1. The summed E-state index contributed by atoms with van der Waals surface area (Å²) in [4.78, 5) is 13.6. The van der Waals surface area contributed by atoms with Gasteiger partial charge in [-0.3, -0.25) is 0 Å². The Morgan fingerprint density at radius 3 is 2.52 bits per heavy atom. The molecule has 0 aromatic heterocycles. The minimum absolute atomic E-state index is 0.203. The van der Waals surface area contributed by atoms with Crippen molar-refractivity contribution < 1.29 is 23.1 Å². The zero-order valence-corrected chi connectivity index (χ0v) is 17.8. The van der Waals surface area contributed by atoms with Gasteiger partial charge in [-0.2, -0.15) is 0 Å². The lowest BCUT2D eigenvalue weighted by atomic mass is 9.84. The maximum absolute atomic E-state index is 11.5. The number of hydrogen-bond acceptors (Lipinski definition) is 4. The number of rotatable bonds is 8. The largest absolute Gasteiger partial charge is 0.465 e. The summed E-state index contributed by atoms with van der Waals surface area (Å²) in [6.45, 7) is 1.90. The first kappa shape index (κ1) is 20.7. The van der Waals surface area contributed by atoms with E-state index in [2.05, 4.69) is 0 Å². The lowest BCUT2D eigenvalue weighted by molar-refractivity contribution is 0.0713. The van der Waals surface area contributed by atoms with E-state index in [1.807, 2.05) is 12.1 Å². The fourth-order valence-corrected chi connectivity index (χ4v) is 5.52. The van der Waals surface area contributed by atoms with Gasteiger partial charge in [0, 0.05) is 18.8 Å². The van der Waals surface area contributed by atoms with Gasteiger partial charge in [0.15, 0.2) is 9.84 Å². The summed E-state index contributed by atoms with van der Waals surface area (Å²) in [5, 5.41) is 9.49. The van der Waals surface area contributed by atoms with Crippen LogP contribution in [0.3, 0.4) is 0 Å². The third-order valence-electron chi connectivity index (χ3n) is 6.84. The number of hydrogen-bond donors (Lipinski definition) is 1. The second-order valence-electron chi connectivity index (χ2n) is 9.18. The van der Waals surface area contributed by atoms with Gasteiger partial charge >= 0.3 is 6.09 Å². The van der Waals surface area contributed by atoms with Gasteiger partial charge in [-0.25, -0.2) is 13.2 Å². The monoisotopic (exact) mass is 421 g/mol. The first-order valence-electron chi connectivity index (χ1n) is 10.7. The van der Waals surface area contributed by atoms with E-state index in [1.165, 1.54) is 25.5 Å². The zero-order chi connectivity index (χ0) is 20.6. The highest BCUT2D eigenvalue weighted by atomic mass is 32.2. The van der Waals surface area contributed by atoms with Gasteiger partial charge in [0.05, 0.1) is 18.1 Å². The Balaban J connectivity index is 1.22. The molecule has 3 fully saturated rings. The molecule has 7 heteroatoms. The highest BCUT2D eigenvalue weighted by Gasteiger charge is 2.46. The maximum atomic E-state index is 11.5. The predicted molar refractivity (Wildman–Crippen MR) is 109 cm³/mol.